The molecule has 0 heterocycles. The van der Waals surface area contributed by atoms with Gasteiger partial charge in [0.1, 0.15) is 11.5 Å². The van der Waals surface area contributed by atoms with E-state index in [1.807, 2.05) is 48.5 Å². The molecule has 40 heavy (non-hydrogen) atoms. The standard InChI is InChI=1S/C34H36Br2O4/c1-23-15-28(34(36)32(16-23)38-4)30(21-39-19-25-11-7-5-8-12-25)31(22-40-20-26-13-9-6-10-14-26)29-18-27(37-3)17-24(2)33(29)35/h5-18,30-31H,19-22H2,1-4H3/t30-,31-/m0/s1. The lowest BCUT2D eigenvalue weighted by molar-refractivity contribution is 0.0649. The molecular weight excluding hydrogens is 632 g/mol. The van der Waals surface area contributed by atoms with Crippen LogP contribution in [0, 0.1) is 13.8 Å². The number of hydrogen-bond donors (Lipinski definition) is 0. The number of benzene rings is 4. The Hall–Kier alpha value is -2.64. The van der Waals surface area contributed by atoms with Crippen molar-refractivity contribution < 1.29 is 18.9 Å². The molecule has 6 heteroatoms. The number of aryl methyl sites for hydroxylation is 2. The van der Waals surface area contributed by atoms with Gasteiger partial charge in [-0.05, 0) is 81.4 Å². The first kappa shape index (κ1) is 30.3. The molecular formula is C34H36Br2O4. The third-order valence-electron chi connectivity index (χ3n) is 7.03. The van der Waals surface area contributed by atoms with E-state index in [0.29, 0.717) is 26.4 Å². The van der Waals surface area contributed by atoms with Crippen molar-refractivity contribution in [2.75, 3.05) is 27.4 Å². The molecule has 0 aliphatic rings. The van der Waals surface area contributed by atoms with Gasteiger partial charge in [0.05, 0.1) is 45.1 Å². The van der Waals surface area contributed by atoms with Crippen LogP contribution in [0.3, 0.4) is 0 Å². The minimum Gasteiger partial charge on any atom is -0.497 e. The highest BCUT2D eigenvalue weighted by Crippen LogP contribution is 2.44. The molecule has 4 rings (SSSR count). The summed E-state index contributed by atoms with van der Waals surface area (Å²) in [7, 11) is 3.41. The fourth-order valence-corrected chi connectivity index (χ4v) is 6.14. The summed E-state index contributed by atoms with van der Waals surface area (Å²) in [6.45, 7) is 6.20. The zero-order valence-corrected chi connectivity index (χ0v) is 26.6. The molecule has 0 aromatic heterocycles. The van der Waals surface area contributed by atoms with Crippen LogP contribution in [-0.2, 0) is 22.7 Å². The maximum Gasteiger partial charge on any atom is 0.133 e. The van der Waals surface area contributed by atoms with Gasteiger partial charge in [-0.3, -0.25) is 0 Å². The van der Waals surface area contributed by atoms with E-state index in [0.717, 1.165) is 53.8 Å². The Balaban J connectivity index is 1.77. The van der Waals surface area contributed by atoms with E-state index in [2.05, 4.69) is 82.1 Å². The van der Waals surface area contributed by atoms with Gasteiger partial charge in [0.25, 0.3) is 0 Å². The number of hydrogen-bond acceptors (Lipinski definition) is 4. The van der Waals surface area contributed by atoms with Crippen molar-refractivity contribution in [3.05, 3.63) is 127 Å². The van der Waals surface area contributed by atoms with Crippen LogP contribution in [0.1, 0.15) is 45.2 Å². The van der Waals surface area contributed by atoms with Gasteiger partial charge >= 0.3 is 0 Å². The van der Waals surface area contributed by atoms with E-state index in [-0.39, 0.29) is 11.8 Å². The Morgan fingerprint density at radius 3 is 1.65 bits per heavy atom. The van der Waals surface area contributed by atoms with Crippen LogP contribution in [0.15, 0.2) is 93.9 Å². The van der Waals surface area contributed by atoms with Crippen LogP contribution < -0.4 is 9.47 Å². The lowest BCUT2D eigenvalue weighted by atomic mass is 9.81. The average molecular weight is 668 g/mol. The minimum absolute atomic E-state index is 0.0505. The highest BCUT2D eigenvalue weighted by atomic mass is 79.9. The topological polar surface area (TPSA) is 36.9 Å². The monoisotopic (exact) mass is 666 g/mol. The second-order valence-corrected chi connectivity index (χ2v) is 11.5. The van der Waals surface area contributed by atoms with Crippen molar-refractivity contribution in [1.29, 1.82) is 0 Å². The van der Waals surface area contributed by atoms with E-state index in [1.165, 1.54) is 0 Å². The van der Waals surface area contributed by atoms with Crippen molar-refractivity contribution >= 4 is 31.9 Å². The second kappa shape index (κ2) is 14.8. The zero-order chi connectivity index (χ0) is 28.5. The number of halogens is 2. The predicted octanol–water partition coefficient (Wildman–Crippen LogP) is 9.15. The van der Waals surface area contributed by atoms with Crippen LogP contribution in [0.25, 0.3) is 0 Å². The normalized spacial score (nSPS) is 12.7. The van der Waals surface area contributed by atoms with Crippen molar-refractivity contribution in [3.8, 4) is 11.5 Å². The van der Waals surface area contributed by atoms with Gasteiger partial charge in [0.15, 0.2) is 0 Å². The third kappa shape index (κ3) is 7.76. The van der Waals surface area contributed by atoms with Gasteiger partial charge in [0, 0.05) is 16.3 Å². The molecule has 4 nitrogen and oxygen atoms in total. The Bertz CT molecular complexity index is 1330. The summed E-state index contributed by atoms with van der Waals surface area (Å²) in [4.78, 5) is 0. The summed E-state index contributed by atoms with van der Waals surface area (Å²) >= 11 is 7.76. The van der Waals surface area contributed by atoms with Crippen LogP contribution in [0.2, 0.25) is 0 Å². The highest BCUT2D eigenvalue weighted by molar-refractivity contribution is 9.11. The van der Waals surface area contributed by atoms with Crippen molar-refractivity contribution in [2.24, 2.45) is 0 Å². The maximum atomic E-state index is 6.43. The SMILES string of the molecule is COc1cc(C)c(Br)c([C@H](COCc2ccccc2)[C@@H](COCc2ccccc2)c2cc(C)cc(OC)c2Br)c1. The molecule has 0 N–H and O–H groups in total. The van der Waals surface area contributed by atoms with Crippen molar-refractivity contribution in [1.82, 2.24) is 0 Å². The summed E-state index contributed by atoms with van der Waals surface area (Å²) in [5, 5.41) is 0. The van der Waals surface area contributed by atoms with Crippen molar-refractivity contribution in [3.63, 3.8) is 0 Å². The number of ether oxygens (including phenoxy) is 4. The summed E-state index contributed by atoms with van der Waals surface area (Å²) in [6, 6.07) is 28.9. The fourth-order valence-electron chi connectivity index (χ4n) is 4.93. The van der Waals surface area contributed by atoms with E-state index >= 15 is 0 Å². The molecule has 4 aromatic carbocycles. The van der Waals surface area contributed by atoms with E-state index < -0.39 is 0 Å². The Morgan fingerprint density at radius 1 is 0.625 bits per heavy atom. The largest absolute Gasteiger partial charge is 0.497 e. The quantitative estimate of drug-likeness (QED) is 0.143. The first-order valence-corrected chi connectivity index (χ1v) is 14.9. The highest BCUT2D eigenvalue weighted by Gasteiger charge is 2.31. The Labute approximate surface area is 254 Å². The molecule has 4 aromatic rings. The zero-order valence-electron chi connectivity index (χ0n) is 23.5. The van der Waals surface area contributed by atoms with E-state index in [4.69, 9.17) is 18.9 Å². The van der Waals surface area contributed by atoms with Gasteiger partial charge in [-0.25, -0.2) is 0 Å². The van der Waals surface area contributed by atoms with Gasteiger partial charge in [-0.2, -0.15) is 0 Å². The molecule has 0 saturated heterocycles. The summed E-state index contributed by atoms with van der Waals surface area (Å²) in [5.41, 5.74) is 6.73. The van der Waals surface area contributed by atoms with Gasteiger partial charge in [-0.1, -0.05) is 82.7 Å². The molecule has 0 spiro atoms. The lowest BCUT2D eigenvalue weighted by Gasteiger charge is -2.31. The molecule has 210 valence electrons. The molecule has 2 atom stereocenters. The summed E-state index contributed by atoms with van der Waals surface area (Å²) < 4.78 is 26.3. The number of rotatable bonds is 13. The summed E-state index contributed by atoms with van der Waals surface area (Å²) in [6.07, 6.45) is 0. The molecule has 0 unspecified atom stereocenters. The van der Waals surface area contributed by atoms with Gasteiger partial charge < -0.3 is 18.9 Å². The smallest absolute Gasteiger partial charge is 0.133 e. The molecule has 0 bridgehead atoms. The van der Waals surface area contributed by atoms with Crippen LogP contribution in [0.4, 0.5) is 0 Å². The first-order chi connectivity index (χ1) is 19.4. The molecule has 0 radical (unpaired) electrons. The van der Waals surface area contributed by atoms with Crippen LogP contribution in [0.5, 0.6) is 11.5 Å². The van der Waals surface area contributed by atoms with Gasteiger partial charge in [0.2, 0.25) is 0 Å². The van der Waals surface area contributed by atoms with E-state index in [1.54, 1.807) is 14.2 Å². The molecule has 0 saturated carbocycles. The first-order valence-electron chi connectivity index (χ1n) is 13.3. The van der Waals surface area contributed by atoms with Crippen LogP contribution in [-0.4, -0.2) is 27.4 Å². The Kier molecular flexibility index (Phi) is 11.2. The second-order valence-electron chi connectivity index (χ2n) is 9.93. The van der Waals surface area contributed by atoms with E-state index in [9.17, 15) is 0 Å². The van der Waals surface area contributed by atoms with Gasteiger partial charge in [-0.15, -0.1) is 0 Å². The summed E-state index contributed by atoms with van der Waals surface area (Å²) in [5.74, 6) is 1.51. The molecule has 0 aliphatic heterocycles. The number of methoxy groups -OCH3 is 2. The molecule has 0 amide bonds. The fraction of sp³-hybridized carbons (Fsp3) is 0.294. The third-order valence-corrected chi connectivity index (χ3v) is 8.96. The van der Waals surface area contributed by atoms with Crippen LogP contribution >= 0.6 is 31.9 Å². The molecule has 0 fully saturated rings. The predicted molar refractivity (Wildman–Crippen MR) is 169 cm³/mol. The molecule has 0 aliphatic carbocycles. The lowest BCUT2D eigenvalue weighted by Crippen LogP contribution is -2.23. The maximum absolute atomic E-state index is 6.43. The Morgan fingerprint density at radius 2 is 1.15 bits per heavy atom. The van der Waals surface area contributed by atoms with Crippen molar-refractivity contribution in [2.45, 2.75) is 38.9 Å². The average Bonchev–Trinajstić information content (AvgIpc) is 2.97. The minimum atomic E-state index is -0.0505.